The zero-order chi connectivity index (χ0) is 22.1. The summed E-state index contributed by atoms with van der Waals surface area (Å²) >= 11 is 1.57. The SMILES string of the molecule is CNC(=O)c1ccc(-c2cn3c(n2)sc2cc(C(=O)NCC4CCNCC4)ccc23)cc1. The predicted molar refractivity (Wildman–Crippen MR) is 127 cm³/mol. The molecule has 8 heteroatoms. The van der Waals surface area contributed by atoms with Crippen LogP contribution in [0.4, 0.5) is 0 Å². The van der Waals surface area contributed by atoms with Crippen LogP contribution in [0.2, 0.25) is 0 Å². The average molecular weight is 448 g/mol. The third kappa shape index (κ3) is 3.99. The van der Waals surface area contributed by atoms with E-state index in [1.807, 2.05) is 36.5 Å². The molecule has 3 heterocycles. The fraction of sp³-hybridized carbons (Fsp3) is 0.292. The third-order valence-corrected chi connectivity index (χ3v) is 7.05. The molecule has 1 aliphatic heterocycles. The number of fused-ring (bicyclic) bond motifs is 3. The zero-order valence-corrected chi connectivity index (χ0v) is 18.7. The number of hydrogen-bond acceptors (Lipinski definition) is 5. The lowest BCUT2D eigenvalue weighted by Gasteiger charge is -2.22. The summed E-state index contributed by atoms with van der Waals surface area (Å²) in [6.45, 7) is 2.79. The van der Waals surface area contributed by atoms with E-state index in [1.165, 1.54) is 0 Å². The molecule has 2 aromatic carbocycles. The van der Waals surface area contributed by atoms with Crippen LogP contribution in [0, 0.1) is 5.92 Å². The summed E-state index contributed by atoms with van der Waals surface area (Å²) < 4.78 is 3.09. The number of amides is 2. The van der Waals surface area contributed by atoms with Crippen molar-refractivity contribution in [2.24, 2.45) is 5.92 Å². The molecule has 0 bridgehead atoms. The maximum atomic E-state index is 12.6. The van der Waals surface area contributed by atoms with Gasteiger partial charge in [-0.2, -0.15) is 0 Å². The van der Waals surface area contributed by atoms with Crippen molar-refractivity contribution in [3.8, 4) is 11.3 Å². The van der Waals surface area contributed by atoms with Gasteiger partial charge in [-0.3, -0.25) is 14.0 Å². The van der Waals surface area contributed by atoms with Crippen LogP contribution in [-0.2, 0) is 0 Å². The Balaban J connectivity index is 1.35. The lowest BCUT2D eigenvalue weighted by molar-refractivity contribution is 0.0941. The summed E-state index contributed by atoms with van der Waals surface area (Å²) in [5.74, 6) is 0.426. The highest BCUT2D eigenvalue weighted by molar-refractivity contribution is 7.23. The topological polar surface area (TPSA) is 87.5 Å². The van der Waals surface area contributed by atoms with Gasteiger partial charge in [-0.15, -0.1) is 0 Å². The summed E-state index contributed by atoms with van der Waals surface area (Å²) in [5, 5.41) is 9.07. The van der Waals surface area contributed by atoms with Crippen LogP contribution in [0.5, 0.6) is 0 Å². The molecule has 32 heavy (non-hydrogen) atoms. The van der Waals surface area contributed by atoms with Crippen molar-refractivity contribution >= 4 is 38.3 Å². The largest absolute Gasteiger partial charge is 0.355 e. The molecular formula is C24H25N5O2S. The van der Waals surface area contributed by atoms with Crippen LogP contribution in [0.3, 0.4) is 0 Å². The predicted octanol–water partition coefficient (Wildman–Crippen LogP) is 3.31. The molecule has 164 valence electrons. The van der Waals surface area contributed by atoms with Gasteiger partial charge in [-0.1, -0.05) is 23.5 Å². The Kier molecular flexibility index (Phi) is 5.63. The minimum Gasteiger partial charge on any atom is -0.355 e. The van der Waals surface area contributed by atoms with Crippen molar-refractivity contribution < 1.29 is 9.59 Å². The first-order valence-electron chi connectivity index (χ1n) is 10.9. The van der Waals surface area contributed by atoms with Gasteiger partial charge < -0.3 is 16.0 Å². The Morgan fingerprint density at radius 3 is 2.59 bits per heavy atom. The normalized spacial score (nSPS) is 14.7. The highest BCUT2D eigenvalue weighted by Crippen LogP contribution is 2.30. The first-order valence-corrected chi connectivity index (χ1v) is 11.7. The van der Waals surface area contributed by atoms with Crippen molar-refractivity contribution in [1.82, 2.24) is 25.3 Å². The van der Waals surface area contributed by atoms with Gasteiger partial charge in [-0.25, -0.2) is 4.98 Å². The molecular weight excluding hydrogens is 422 g/mol. The van der Waals surface area contributed by atoms with E-state index in [2.05, 4.69) is 20.4 Å². The summed E-state index contributed by atoms with van der Waals surface area (Å²) in [4.78, 5) is 30.0. The molecule has 1 saturated heterocycles. The standard InChI is InChI=1S/C24H25N5O2S/c1-25-22(30)17-4-2-16(3-5-17)19-14-29-20-7-6-18(12-21(20)32-24(29)28-19)23(31)27-13-15-8-10-26-11-9-15/h2-7,12,14-15,26H,8-11,13H2,1H3,(H,25,30)(H,27,31). The van der Waals surface area contributed by atoms with Crippen molar-refractivity contribution in [3.63, 3.8) is 0 Å². The average Bonchev–Trinajstić information content (AvgIpc) is 3.40. The Hall–Kier alpha value is -3.23. The van der Waals surface area contributed by atoms with E-state index in [-0.39, 0.29) is 11.8 Å². The molecule has 0 unspecified atom stereocenters. The molecule has 1 fully saturated rings. The van der Waals surface area contributed by atoms with Gasteiger partial charge in [0.05, 0.1) is 15.9 Å². The summed E-state index contributed by atoms with van der Waals surface area (Å²) in [6, 6.07) is 13.2. The number of piperidine rings is 1. The van der Waals surface area contributed by atoms with Gasteiger partial charge in [0, 0.05) is 36.5 Å². The van der Waals surface area contributed by atoms with Crippen LogP contribution < -0.4 is 16.0 Å². The van der Waals surface area contributed by atoms with E-state index < -0.39 is 0 Å². The van der Waals surface area contributed by atoms with Gasteiger partial charge in [0.2, 0.25) is 0 Å². The number of nitrogens with zero attached hydrogens (tertiary/aromatic N) is 2. The van der Waals surface area contributed by atoms with E-state index >= 15 is 0 Å². The summed E-state index contributed by atoms with van der Waals surface area (Å²) in [6.07, 6.45) is 4.22. The van der Waals surface area contributed by atoms with Gasteiger partial charge >= 0.3 is 0 Å². The number of nitrogens with one attached hydrogen (secondary N) is 3. The minimum atomic E-state index is -0.107. The number of aromatic nitrogens is 2. The molecule has 5 rings (SSSR count). The van der Waals surface area contributed by atoms with Gasteiger partial charge in [0.15, 0.2) is 4.96 Å². The van der Waals surface area contributed by atoms with Gasteiger partial charge in [-0.05, 0) is 62.2 Å². The smallest absolute Gasteiger partial charge is 0.251 e. The minimum absolute atomic E-state index is 0.0200. The second-order valence-corrected chi connectivity index (χ2v) is 9.13. The molecule has 0 aliphatic carbocycles. The fourth-order valence-corrected chi connectivity index (χ4v) is 5.19. The lowest BCUT2D eigenvalue weighted by Crippen LogP contribution is -2.35. The number of thiazole rings is 1. The monoisotopic (exact) mass is 447 g/mol. The third-order valence-electron chi connectivity index (χ3n) is 6.04. The number of carbonyl (C=O) groups excluding carboxylic acids is 2. The van der Waals surface area contributed by atoms with Crippen molar-refractivity contribution in [3.05, 3.63) is 59.8 Å². The Morgan fingerprint density at radius 1 is 1.09 bits per heavy atom. The Bertz CT molecular complexity index is 1290. The second kappa shape index (κ2) is 8.72. The molecule has 0 spiro atoms. The maximum Gasteiger partial charge on any atom is 0.251 e. The highest BCUT2D eigenvalue weighted by Gasteiger charge is 2.16. The first kappa shape index (κ1) is 20.7. The summed E-state index contributed by atoms with van der Waals surface area (Å²) in [7, 11) is 1.62. The van der Waals surface area contributed by atoms with Crippen LogP contribution in [0.25, 0.3) is 26.4 Å². The van der Waals surface area contributed by atoms with E-state index in [1.54, 1.807) is 30.5 Å². The lowest BCUT2D eigenvalue weighted by atomic mass is 9.98. The highest BCUT2D eigenvalue weighted by atomic mass is 32.1. The second-order valence-electron chi connectivity index (χ2n) is 8.12. The van der Waals surface area contributed by atoms with Crippen LogP contribution in [-0.4, -0.2) is 47.9 Å². The first-order chi connectivity index (χ1) is 15.6. The van der Waals surface area contributed by atoms with Gasteiger partial charge in [0.1, 0.15) is 0 Å². The fourth-order valence-electron chi connectivity index (χ4n) is 4.14. The number of imidazole rings is 1. The molecule has 4 aromatic rings. The van der Waals surface area contributed by atoms with Crippen molar-refractivity contribution in [2.75, 3.05) is 26.7 Å². The Labute approximate surface area is 189 Å². The zero-order valence-electron chi connectivity index (χ0n) is 17.9. The molecule has 7 nitrogen and oxygen atoms in total. The number of carbonyl (C=O) groups is 2. The number of rotatable bonds is 5. The van der Waals surface area contributed by atoms with E-state index in [9.17, 15) is 9.59 Å². The van der Waals surface area contributed by atoms with Crippen LogP contribution in [0.1, 0.15) is 33.6 Å². The molecule has 2 amide bonds. The summed E-state index contributed by atoms with van der Waals surface area (Å²) in [5.41, 5.74) is 4.14. The van der Waals surface area contributed by atoms with E-state index in [0.29, 0.717) is 17.0 Å². The molecule has 0 radical (unpaired) electrons. The van der Waals surface area contributed by atoms with Crippen molar-refractivity contribution in [1.29, 1.82) is 0 Å². The van der Waals surface area contributed by atoms with Crippen molar-refractivity contribution in [2.45, 2.75) is 12.8 Å². The molecule has 3 N–H and O–H groups in total. The maximum absolute atomic E-state index is 12.6. The number of hydrogen-bond donors (Lipinski definition) is 3. The molecule has 0 atom stereocenters. The quantitative estimate of drug-likeness (QED) is 0.438. The van der Waals surface area contributed by atoms with Crippen LogP contribution in [0.15, 0.2) is 48.7 Å². The van der Waals surface area contributed by atoms with Crippen LogP contribution >= 0.6 is 11.3 Å². The molecule has 1 aliphatic rings. The Morgan fingerprint density at radius 2 is 1.84 bits per heavy atom. The molecule has 0 saturated carbocycles. The van der Waals surface area contributed by atoms with Gasteiger partial charge in [0.25, 0.3) is 11.8 Å². The molecule has 2 aromatic heterocycles. The van der Waals surface area contributed by atoms with E-state index in [0.717, 1.165) is 58.9 Å². The van der Waals surface area contributed by atoms with E-state index in [4.69, 9.17) is 4.98 Å². The number of benzene rings is 2.